The highest BCUT2D eigenvalue weighted by atomic mass is 16.5. The molecular weight excluding hydrogens is 220 g/mol. The van der Waals surface area contributed by atoms with Gasteiger partial charge >= 0.3 is 0 Å². The maximum atomic E-state index is 6.24. The molecular formula is C17H26O. The van der Waals surface area contributed by atoms with Crippen molar-refractivity contribution in [2.24, 2.45) is 5.92 Å². The third kappa shape index (κ3) is 3.14. The van der Waals surface area contributed by atoms with E-state index in [1.165, 1.54) is 29.5 Å². The minimum atomic E-state index is 0.424. The van der Waals surface area contributed by atoms with Crippen molar-refractivity contribution >= 4 is 0 Å². The highest BCUT2D eigenvalue weighted by Crippen LogP contribution is 2.29. The number of hydrogen-bond donors (Lipinski definition) is 0. The predicted molar refractivity (Wildman–Crippen MR) is 77.0 cm³/mol. The Morgan fingerprint density at radius 1 is 1.22 bits per heavy atom. The number of benzene rings is 1. The summed E-state index contributed by atoms with van der Waals surface area (Å²) in [4.78, 5) is 0. The molecule has 3 atom stereocenters. The number of aryl methyl sites for hydroxylation is 2. The van der Waals surface area contributed by atoms with Gasteiger partial charge in [0.1, 0.15) is 0 Å². The van der Waals surface area contributed by atoms with E-state index in [1.54, 1.807) is 0 Å². The highest BCUT2D eigenvalue weighted by Gasteiger charge is 2.27. The molecule has 2 unspecified atom stereocenters. The Kier molecular flexibility index (Phi) is 4.45. The number of ether oxygens (including phenoxy) is 1. The monoisotopic (exact) mass is 246 g/mol. The van der Waals surface area contributed by atoms with E-state index in [0.29, 0.717) is 12.2 Å². The third-order valence-electron chi connectivity index (χ3n) is 4.29. The van der Waals surface area contributed by atoms with Gasteiger partial charge in [-0.05, 0) is 56.6 Å². The number of hydrogen-bond acceptors (Lipinski definition) is 1. The zero-order chi connectivity index (χ0) is 13.1. The van der Waals surface area contributed by atoms with E-state index in [2.05, 4.69) is 45.9 Å². The fraction of sp³-hybridized carbons (Fsp3) is 0.647. The lowest BCUT2D eigenvalue weighted by atomic mass is 9.89. The first-order valence-electron chi connectivity index (χ1n) is 7.31. The molecule has 1 heterocycles. The third-order valence-corrected chi connectivity index (χ3v) is 4.29. The van der Waals surface area contributed by atoms with Gasteiger partial charge in [-0.25, -0.2) is 0 Å². The van der Waals surface area contributed by atoms with Crippen LogP contribution in [0.2, 0.25) is 0 Å². The Hall–Kier alpha value is -0.820. The number of rotatable bonds is 3. The standard InChI is InChI=1S/C17H26O/c1-5-17-13(3)7-9-16(18-17)11-15-8-6-12(2)10-14(15)4/h6,8,10,13,16-17H,5,7,9,11H2,1-4H3/t13?,16?,17-/m1/s1. The van der Waals surface area contributed by atoms with Crippen LogP contribution in [0.4, 0.5) is 0 Å². The van der Waals surface area contributed by atoms with Crippen LogP contribution in [-0.2, 0) is 11.2 Å². The first kappa shape index (κ1) is 13.6. The van der Waals surface area contributed by atoms with Crippen LogP contribution < -0.4 is 0 Å². The normalized spacial score (nSPS) is 28.3. The molecule has 0 amide bonds. The van der Waals surface area contributed by atoms with Gasteiger partial charge in [-0.1, -0.05) is 37.6 Å². The van der Waals surface area contributed by atoms with Crippen LogP contribution in [0.15, 0.2) is 18.2 Å². The summed E-state index contributed by atoms with van der Waals surface area (Å²) in [6.45, 7) is 8.93. The Morgan fingerprint density at radius 2 is 2.00 bits per heavy atom. The predicted octanol–water partition coefficient (Wildman–Crippen LogP) is 4.44. The zero-order valence-corrected chi connectivity index (χ0v) is 12.2. The van der Waals surface area contributed by atoms with E-state index >= 15 is 0 Å². The molecule has 0 bridgehead atoms. The summed E-state index contributed by atoms with van der Waals surface area (Å²) in [7, 11) is 0. The summed E-state index contributed by atoms with van der Waals surface area (Å²) in [6, 6.07) is 6.76. The van der Waals surface area contributed by atoms with Crippen molar-refractivity contribution in [2.45, 2.75) is 65.6 Å². The smallest absolute Gasteiger partial charge is 0.0619 e. The Bertz CT molecular complexity index is 397. The van der Waals surface area contributed by atoms with Gasteiger partial charge in [0.2, 0.25) is 0 Å². The molecule has 0 aliphatic carbocycles. The van der Waals surface area contributed by atoms with Gasteiger partial charge in [-0.15, -0.1) is 0 Å². The van der Waals surface area contributed by atoms with E-state index in [4.69, 9.17) is 4.74 Å². The molecule has 0 N–H and O–H groups in total. The molecule has 18 heavy (non-hydrogen) atoms. The second-order valence-electron chi connectivity index (χ2n) is 5.89. The molecule has 1 fully saturated rings. The van der Waals surface area contributed by atoms with Gasteiger partial charge in [0.15, 0.2) is 0 Å². The Labute approximate surface area is 112 Å². The minimum Gasteiger partial charge on any atom is -0.374 e. The molecule has 0 aromatic heterocycles. The summed E-state index contributed by atoms with van der Waals surface area (Å²) in [6.07, 6.45) is 5.64. The molecule has 0 saturated carbocycles. The molecule has 0 spiro atoms. The summed E-state index contributed by atoms with van der Waals surface area (Å²) >= 11 is 0. The van der Waals surface area contributed by atoms with Gasteiger partial charge in [0.25, 0.3) is 0 Å². The van der Waals surface area contributed by atoms with Gasteiger partial charge < -0.3 is 4.74 Å². The van der Waals surface area contributed by atoms with Crippen molar-refractivity contribution in [1.29, 1.82) is 0 Å². The molecule has 1 aliphatic heterocycles. The van der Waals surface area contributed by atoms with E-state index in [1.807, 2.05) is 0 Å². The van der Waals surface area contributed by atoms with Gasteiger partial charge in [-0.3, -0.25) is 0 Å². The summed E-state index contributed by atoms with van der Waals surface area (Å²) in [5.41, 5.74) is 4.21. The summed E-state index contributed by atoms with van der Waals surface area (Å²) < 4.78 is 6.24. The largest absolute Gasteiger partial charge is 0.374 e. The van der Waals surface area contributed by atoms with E-state index < -0.39 is 0 Å². The lowest BCUT2D eigenvalue weighted by Crippen LogP contribution is -2.34. The maximum Gasteiger partial charge on any atom is 0.0619 e. The zero-order valence-electron chi connectivity index (χ0n) is 12.2. The van der Waals surface area contributed by atoms with Crippen LogP contribution in [0.25, 0.3) is 0 Å². The van der Waals surface area contributed by atoms with Crippen molar-refractivity contribution in [3.05, 3.63) is 34.9 Å². The van der Waals surface area contributed by atoms with Gasteiger partial charge in [-0.2, -0.15) is 0 Å². The molecule has 1 saturated heterocycles. The first-order chi connectivity index (χ1) is 8.60. The van der Waals surface area contributed by atoms with Crippen molar-refractivity contribution < 1.29 is 4.74 Å². The minimum absolute atomic E-state index is 0.424. The van der Waals surface area contributed by atoms with Crippen LogP contribution in [0, 0.1) is 19.8 Å². The second kappa shape index (κ2) is 5.88. The van der Waals surface area contributed by atoms with Crippen LogP contribution in [0.5, 0.6) is 0 Å². The quantitative estimate of drug-likeness (QED) is 0.766. The molecule has 1 nitrogen and oxygen atoms in total. The van der Waals surface area contributed by atoms with Crippen molar-refractivity contribution in [3.8, 4) is 0 Å². The molecule has 0 radical (unpaired) electrons. The molecule has 100 valence electrons. The molecule has 1 aliphatic rings. The Balaban J connectivity index is 2.01. The highest BCUT2D eigenvalue weighted by molar-refractivity contribution is 5.30. The van der Waals surface area contributed by atoms with Crippen molar-refractivity contribution in [3.63, 3.8) is 0 Å². The fourth-order valence-corrected chi connectivity index (χ4v) is 3.05. The van der Waals surface area contributed by atoms with Crippen LogP contribution in [0.3, 0.4) is 0 Å². The molecule has 1 aromatic rings. The summed E-state index contributed by atoms with van der Waals surface area (Å²) in [5.74, 6) is 0.727. The Morgan fingerprint density at radius 3 is 2.67 bits per heavy atom. The fourth-order valence-electron chi connectivity index (χ4n) is 3.05. The first-order valence-corrected chi connectivity index (χ1v) is 7.31. The summed E-state index contributed by atoms with van der Waals surface area (Å²) in [5, 5.41) is 0. The van der Waals surface area contributed by atoms with E-state index in [0.717, 1.165) is 18.8 Å². The van der Waals surface area contributed by atoms with Crippen LogP contribution in [0.1, 0.15) is 49.8 Å². The molecule has 2 rings (SSSR count). The average molecular weight is 246 g/mol. The van der Waals surface area contributed by atoms with E-state index in [-0.39, 0.29) is 0 Å². The molecule has 1 heteroatoms. The van der Waals surface area contributed by atoms with Crippen LogP contribution in [-0.4, -0.2) is 12.2 Å². The van der Waals surface area contributed by atoms with Crippen molar-refractivity contribution in [2.75, 3.05) is 0 Å². The maximum absolute atomic E-state index is 6.24. The lowest BCUT2D eigenvalue weighted by Gasteiger charge is -2.34. The average Bonchev–Trinajstić information content (AvgIpc) is 2.35. The van der Waals surface area contributed by atoms with Gasteiger partial charge in [0.05, 0.1) is 12.2 Å². The lowest BCUT2D eigenvalue weighted by molar-refractivity contribution is -0.0788. The van der Waals surface area contributed by atoms with E-state index in [9.17, 15) is 0 Å². The van der Waals surface area contributed by atoms with Crippen LogP contribution >= 0.6 is 0 Å². The van der Waals surface area contributed by atoms with Crippen molar-refractivity contribution in [1.82, 2.24) is 0 Å². The second-order valence-corrected chi connectivity index (χ2v) is 5.89. The SMILES string of the molecule is CC[C@H]1OC(Cc2ccc(C)cc2C)CCC1C. The van der Waals surface area contributed by atoms with Gasteiger partial charge in [0, 0.05) is 0 Å². The topological polar surface area (TPSA) is 9.23 Å². The molecule has 1 aromatic carbocycles.